The molecule has 2 aromatic rings. The van der Waals surface area contributed by atoms with Gasteiger partial charge in [0.2, 0.25) is 0 Å². The summed E-state index contributed by atoms with van der Waals surface area (Å²) in [5.41, 5.74) is -0.184. The minimum absolute atomic E-state index is 0.0393. The number of H-pyrrole nitrogens is 1. The lowest BCUT2D eigenvalue weighted by atomic mass is 10.3. The third-order valence-corrected chi connectivity index (χ3v) is 2.25. The number of halogens is 1. The second-order valence-electron chi connectivity index (χ2n) is 3.21. The van der Waals surface area contributed by atoms with Crippen molar-refractivity contribution < 1.29 is 0 Å². The van der Waals surface area contributed by atoms with Crippen LogP contribution in [0.1, 0.15) is 5.56 Å². The first-order valence-corrected chi connectivity index (χ1v) is 4.93. The van der Waals surface area contributed by atoms with E-state index in [2.05, 4.69) is 9.97 Å². The summed E-state index contributed by atoms with van der Waals surface area (Å²) in [7, 11) is 0. The zero-order chi connectivity index (χ0) is 11.5. The summed E-state index contributed by atoms with van der Waals surface area (Å²) < 4.78 is 1.06. The van der Waals surface area contributed by atoms with Crippen molar-refractivity contribution >= 4 is 11.6 Å². The molecule has 0 aliphatic rings. The fourth-order valence-corrected chi connectivity index (χ4v) is 1.49. The number of aromatic amines is 1. The number of nitrogens with one attached hydrogen (secondary N) is 1. The van der Waals surface area contributed by atoms with Crippen molar-refractivity contribution in [1.29, 1.82) is 0 Å². The zero-order valence-electron chi connectivity index (χ0n) is 8.18. The van der Waals surface area contributed by atoms with Crippen molar-refractivity contribution in [3.63, 3.8) is 0 Å². The number of aromatic nitrogens is 3. The lowest BCUT2D eigenvalue weighted by Gasteiger charge is -2.03. The molecule has 5 nitrogen and oxygen atoms in total. The molecule has 2 aromatic heterocycles. The average molecular weight is 238 g/mol. The van der Waals surface area contributed by atoms with Crippen LogP contribution in [-0.4, -0.2) is 14.5 Å². The Labute approximate surface area is 95.3 Å². The monoisotopic (exact) mass is 237 g/mol. The molecule has 0 saturated carbocycles. The van der Waals surface area contributed by atoms with Crippen LogP contribution < -0.4 is 11.2 Å². The van der Waals surface area contributed by atoms with Gasteiger partial charge in [0.1, 0.15) is 5.15 Å². The topological polar surface area (TPSA) is 67.8 Å². The minimum atomic E-state index is -0.527. The highest BCUT2D eigenvalue weighted by Crippen LogP contribution is 1.98. The van der Waals surface area contributed by atoms with Gasteiger partial charge >= 0.3 is 5.69 Å². The van der Waals surface area contributed by atoms with Gasteiger partial charge in [-0.2, -0.15) is 0 Å². The molecule has 0 saturated heterocycles. The summed E-state index contributed by atoms with van der Waals surface area (Å²) in [6.45, 7) is 0.180. The van der Waals surface area contributed by atoms with Crippen molar-refractivity contribution in [2.24, 2.45) is 0 Å². The lowest BCUT2D eigenvalue weighted by Crippen LogP contribution is -2.34. The molecule has 0 unspecified atom stereocenters. The predicted molar refractivity (Wildman–Crippen MR) is 59.7 cm³/mol. The first-order valence-electron chi connectivity index (χ1n) is 4.55. The van der Waals surface area contributed by atoms with Crippen LogP contribution in [0.3, 0.4) is 0 Å². The van der Waals surface area contributed by atoms with Crippen LogP contribution in [0, 0.1) is 0 Å². The van der Waals surface area contributed by atoms with Gasteiger partial charge in [0.25, 0.3) is 5.56 Å². The van der Waals surface area contributed by atoms with Gasteiger partial charge in [0.05, 0.1) is 6.54 Å². The highest BCUT2D eigenvalue weighted by Gasteiger charge is 2.03. The maximum absolute atomic E-state index is 11.5. The minimum Gasteiger partial charge on any atom is -0.298 e. The third kappa shape index (κ3) is 2.20. The lowest BCUT2D eigenvalue weighted by molar-refractivity contribution is 0.697. The van der Waals surface area contributed by atoms with Crippen molar-refractivity contribution in [2.75, 3.05) is 0 Å². The Morgan fingerprint density at radius 3 is 2.88 bits per heavy atom. The van der Waals surface area contributed by atoms with Gasteiger partial charge in [-0.3, -0.25) is 19.3 Å². The van der Waals surface area contributed by atoms with Gasteiger partial charge in [-0.25, -0.2) is 4.79 Å². The fraction of sp³-hybridized carbons (Fsp3) is 0.100. The molecule has 0 radical (unpaired) electrons. The van der Waals surface area contributed by atoms with E-state index in [1.165, 1.54) is 6.07 Å². The van der Waals surface area contributed by atoms with Gasteiger partial charge in [-0.1, -0.05) is 17.7 Å². The highest BCUT2D eigenvalue weighted by molar-refractivity contribution is 6.29. The summed E-state index contributed by atoms with van der Waals surface area (Å²) in [6.07, 6.45) is 3.22. The van der Waals surface area contributed by atoms with Crippen molar-refractivity contribution in [2.45, 2.75) is 6.54 Å². The van der Waals surface area contributed by atoms with E-state index >= 15 is 0 Å². The Kier molecular flexibility index (Phi) is 2.87. The van der Waals surface area contributed by atoms with Crippen molar-refractivity contribution in [1.82, 2.24) is 14.5 Å². The molecule has 0 fully saturated rings. The third-order valence-electron chi connectivity index (χ3n) is 2.05. The maximum atomic E-state index is 11.5. The van der Waals surface area contributed by atoms with E-state index in [0.29, 0.717) is 0 Å². The number of pyridine rings is 1. The molecule has 2 rings (SSSR count). The van der Waals surface area contributed by atoms with Crippen LogP contribution >= 0.6 is 11.6 Å². The molecule has 0 amide bonds. The Morgan fingerprint density at radius 2 is 2.25 bits per heavy atom. The molecule has 0 atom stereocenters. The Balaban J connectivity index is 2.44. The maximum Gasteiger partial charge on any atom is 0.329 e. The second kappa shape index (κ2) is 4.32. The molecule has 0 aromatic carbocycles. The largest absolute Gasteiger partial charge is 0.329 e. The van der Waals surface area contributed by atoms with E-state index < -0.39 is 11.2 Å². The van der Waals surface area contributed by atoms with Crippen LogP contribution in [0.25, 0.3) is 0 Å². The molecule has 0 bridgehead atoms. The van der Waals surface area contributed by atoms with Gasteiger partial charge in [-0.05, 0) is 11.6 Å². The quantitative estimate of drug-likeness (QED) is 0.779. The molecular weight excluding hydrogens is 230 g/mol. The highest BCUT2D eigenvalue weighted by atomic mass is 35.5. The number of hydrogen-bond acceptors (Lipinski definition) is 3. The Bertz CT molecular complexity index is 572. The first kappa shape index (κ1) is 10.6. The van der Waals surface area contributed by atoms with E-state index in [1.54, 1.807) is 24.5 Å². The summed E-state index contributed by atoms with van der Waals surface area (Å²) in [6, 6.07) is 4.69. The van der Waals surface area contributed by atoms with Crippen molar-refractivity contribution in [3.8, 4) is 0 Å². The van der Waals surface area contributed by atoms with Crippen LogP contribution in [0.2, 0.25) is 5.15 Å². The van der Waals surface area contributed by atoms with Gasteiger partial charge < -0.3 is 0 Å². The number of rotatable bonds is 2. The van der Waals surface area contributed by atoms with E-state index in [4.69, 9.17) is 11.6 Å². The SMILES string of the molecule is O=c1cc(Cl)[nH]c(=O)n1Cc1cccnc1. The van der Waals surface area contributed by atoms with Gasteiger partial charge in [0, 0.05) is 18.5 Å². The van der Waals surface area contributed by atoms with Crippen molar-refractivity contribution in [3.05, 3.63) is 62.1 Å². The molecule has 0 aliphatic carbocycles. The Morgan fingerprint density at radius 1 is 1.44 bits per heavy atom. The molecule has 0 aliphatic heterocycles. The molecule has 6 heteroatoms. The van der Waals surface area contributed by atoms with E-state index in [9.17, 15) is 9.59 Å². The molecule has 0 spiro atoms. The van der Waals surface area contributed by atoms with Gasteiger partial charge in [-0.15, -0.1) is 0 Å². The molecule has 2 heterocycles. The summed E-state index contributed by atoms with van der Waals surface area (Å²) in [4.78, 5) is 29.2. The summed E-state index contributed by atoms with van der Waals surface area (Å²) in [5.74, 6) is 0. The first-order chi connectivity index (χ1) is 7.66. The number of nitrogens with zero attached hydrogens (tertiary/aromatic N) is 2. The summed E-state index contributed by atoms with van der Waals surface area (Å²) >= 11 is 5.54. The normalized spacial score (nSPS) is 10.3. The molecular formula is C10H8ClN3O2. The van der Waals surface area contributed by atoms with E-state index in [-0.39, 0.29) is 11.7 Å². The predicted octanol–water partition coefficient (Wildman–Crippen LogP) is 0.633. The van der Waals surface area contributed by atoms with Crippen LogP contribution in [0.5, 0.6) is 0 Å². The fourth-order valence-electron chi connectivity index (χ4n) is 1.32. The second-order valence-corrected chi connectivity index (χ2v) is 3.62. The van der Waals surface area contributed by atoms with Crippen LogP contribution in [-0.2, 0) is 6.54 Å². The van der Waals surface area contributed by atoms with E-state index in [0.717, 1.165) is 10.1 Å². The van der Waals surface area contributed by atoms with Crippen LogP contribution in [0.4, 0.5) is 0 Å². The van der Waals surface area contributed by atoms with Gasteiger partial charge in [0.15, 0.2) is 0 Å². The smallest absolute Gasteiger partial charge is 0.298 e. The molecule has 16 heavy (non-hydrogen) atoms. The zero-order valence-corrected chi connectivity index (χ0v) is 8.94. The van der Waals surface area contributed by atoms with E-state index in [1.807, 2.05) is 0 Å². The average Bonchev–Trinajstić information content (AvgIpc) is 2.25. The standard InChI is InChI=1S/C10H8ClN3O2/c11-8-4-9(15)14(10(16)13-8)6-7-2-1-3-12-5-7/h1-5H,6H2,(H,13,16). The summed E-state index contributed by atoms with van der Waals surface area (Å²) in [5, 5.41) is 0.0393. The van der Waals surface area contributed by atoms with Crippen LogP contribution in [0.15, 0.2) is 40.2 Å². The Hall–Kier alpha value is -1.88. The molecule has 82 valence electrons. The molecule has 1 N–H and O–H groups in total. The number of hydrogen-bond donors (Lipinski definition) is 1.